The summed E-state index contributed by atoms with van der Waals surface area (Å²) in [5.41, 5.74) is 1.23. The molecule has 0 spiro atoms. The molecular formula is C18H12FNO3S2. The summed E-state index contributed by atoms with van der Waals surface area (Å²) >= 11 is 6.54. The average molecular weight is 373 g/mol. The molecule has 0 atom stereocenters. The quantitative estimate of drug-likeness (QED) is 0.588. The molecule has 0 unspecified atom stereocenters. The Labute approximate surface area is 153 Å². The molecule has 2 aliphatic heterocycles. The van der Waals surface area contributed by atoms with Crippen molar-refractivity contribution >= 4 is 46.0 Å². The smallest absolute Gasteiger partial charge is 0.270 e. The fraction of sp³-hybridized carbons (Fsp3) is 0.111. The van der Waals surface area contributed by atoms with E-state index >= 15 is 0 Å². The van der Waals surface area contributed by atoms with Crippen LogP contribution in [0.4, 0.5) is 10.1 Å². The normalized spacial score (nSPS) is 18.1. The molecule has 0 aliphatic carbocycles. The van der Waals surface area contributed by atoms with Crippen LogP contribution in [0.2, 0.25) is 0 Å². The maximum Gasteiger partial charge on any atom is 0.270 e. The first-order chi connectivity index (χ1) is 12.1. The fourth-order valence-electron chi connectivity index (χ4n) is 2.61. The Morgan fingerprint density at radius 1 is 1.12 bits per heavy atom. The maximum atomic E-state index is 13.3. The van der Waals surface area contributed by atoms with Crippen LogP contribution in [0, 0.1) is 5.82 Å². The van der Waals surface area contributed by atoms with Crippen molar-refractivity contribution in [2.24, 2.45) is 0 Å². The summed E-state index contributed by atoms with van der Waals surface area (Å²) in [4.78, 5) is 14.7. The Balaban J connectivity index is 1.65. The standard InChI is InChI=1S/C18H12FNO3S2/c19-12-3-1-2-11(8-12)9-16-17(21)20(18(24)25-16)13-4-5-14-15(10-13)23-7-6-22-14/h1-5,8-10H,6-7H2/b16-9-. The molecule has 2 aromatic carbocycles. The molecule has 25 heavy (non-hydrogen) atoms. The van der Waals surface area contributed by atoms with Crippen molar-refractivity contribution in [1.29, 1.82) is 0 Å². The zero-order chi connectivity index (χ0) is 17.4. The van der Waals surface area contributed by atoms with Gasteiger partial charge in [0, 0.05) is 6.07 Å². The Bertz CT molecular complexity index is 913. The lowest BCUT2D eigenvalue weighted by atomic mass is 10.2. The molecule has 2 heterocycles. The van der Waals surface area contributed by atoms with Crippen LogP contribution < -0.4 is 14.4 Å². The number of anilines is 1. The molecule has 1 amide bonds. The van der Waals surface area contributed by atoms with Crippen LogP contribution in [0.25, 0.3) is 6.08 Å². The van der Waals surface area contributed by atoms with Gasteiger partial charge in [-0.05, 0) is 35.9 Å². The Morgan fingerprint density at radius 2 is 1.92 bits per heavy atom. The van der Waals surface area contributed by atoms with Crippen LogP contribution in [0.1, 0.15) is 5.56 Å². The third-order valence-corrected chi connectivity index (χ3v) is 5.03. The molecule has 2 aliphatic rings. The number of amides is 1. The number of thioether (sulfide) groups is 1. The first-order valence-electron chi connectivity index (χ1n) is 7.55. The first kappa shape index (κ1) is 16.1. The number of thiocarbonyl (C=S) groups is 1. The number of halogens is 1. The van der Waals surface area contributed by atoms with Gasteiger partial charge >= 0.3 is 0 Å². The minimum absolute atomic E-state index is 0.240. The summed E-state index contributed by atoms with van der Waals surface area (Å²) in [5.74, 6) is 0.648. The van der Waals surface area contributed by atoms with E-state index in [1.807, 2.05) is 0 Å². The van der Waals surface area contributed by atoms with Gasteiger partial charge in [0.05, 0.1) is 10.6 Å². The molecule has 0 radical (unpaired) electrons. The topological polar surface area (TPSA) is 38.8 Å². The minimum Gasteiger partial charge on any atom is -0.486 e. The van der Waals surface area contributed by atoms with Gasteiger partial charge < -0.3 is 9.47 Å². The van der Waals surface area contributed by atoms with Crippen LogP contribution >= 0.6 is 24.0 Å². The molecule has 4 rings (SSSR count). The number of benzene rings is 2. The highest BCUT2D eigenvalue weighted by Crippen LogP contribution is 2.40. The monoisotopic (exact) mass is 373 g/mol. The van der Waals surface area contributed by atoms with Gasteiger partial charge in [-0.25, -0.2) is 4.39 Å². The Kier molecular flexibility index (Phi) is 4.19. The molecule has 0 bridgehead atoms. The number of nitrogens with zero attached hydrogens (tertiary/aromatic N) is 1. The third-order valence-electron chi connectivity index (χ3n) is 3.72. The van der Waals surface area contributed by atoms with E-state index in [0.717, 1.165) is 0 Å². The molecular weight excluding hydrogens is 361 g/mol. The number of hydrogen-bond donors (Lipinski definition) is 0. The Hall–Kier alpha value is -2.38. The van der Waals surface area contributed by atoms with Crippen LogP contribution in [0.15, 0.2) is 47.4 Å². The van der Waals surface area contributed by atoms with E-state index in [0.29, 0.717) is 45.2 Å². The summed E-state index contributed by atoms with van der Waals surface area (Å²) in [6.45, 7) is 0.970. The van der Waals surface area contributed by atoms with Gasteiger partial charge in [0.15, 0.2) is 15.8 Å². The second-order valence-electron chi connectivity index (χ2n) is 5.40. The second kappa shape index (κ2) is 6.50. The van der Waals surface area contributed by atoms with Crippen molar-refractivity contribution in [3.05, 3.63) is 58.8 Å². The van der Waals surface area contributed by atoms with Crippen molar-refractivity contribution in [3.8, 4) is 11.5 Å². The van der Waals surface area contributed by atoms with E-state index in [4.69, 9.17) is 21.7 Å². The van der Waals surface area contributed by atoms with E-state index in [1.54, 1.807) is 36.4 Å². The molecule has 4 nitrogen and oxygen atoms in total. The minimum atomic E-state index is -0.351. The summed E-state index contributed by atoms with van der Waals surface area (Å²) < 4.78 is 24.8. The first-order valence-corrected chi connectivity index (χ1v) is 8.77. The number of rotatable bonds is 2. The summed E-state index contributed by atoms with van der Waals surface area (Å²) in [7, 11) is 0. The lowest BCUT2D eigenvalue weighted by Gasteiger charge is -2.21. The van der Waals surface area contributed by atoms with Crippen LogP contribution in [-0.2, 0) is 4.79 Å². The molecule has 1 saturated heterocycles. The lowest BCUT2D eigenvalue weighted by molar-refractivity contribution is -0.113. The van der Waals surface area contributed by atoms with E-state index in [1.165, 1.54) is 28.8 Å². The lowest BCUT2D eigenvalue weighted by Crippen LogP contribution is -2.27. The van der Waals surface area contributed by atoms with Gasteiger partial charge in [0.1, 0.15) is 19.0 Å². The number of ether oxygens (including phenoxy) is 2. The second-order valence-corrected chi connectivity index (χ2v) is 7.08. The SMILES string of the molecule is O=C1/C(=C/c2cccc(F)c2)SC(=S)N1c1ccc2c(c1)OCCO2. The highest BCUT2D eigenvalue weighted by Gasteiger charge is 2.34. The van der Waals surface area contributed by atoms with Gasteiger partial charge in [-0.2, -0.15) is 0 Å². The maximum absolute atomic E-state index is 13.3. The van der Waals surface area contributed by atoms with Crippen molar-refractivity contribution < 1.29 is 18.7 Å². The molecule has 7 heteroatoms. The number of carbonyl (C=O) groups excluding carboxylic acids is 1. The van der Waals surface area contributed by atoms with Crippen molar-refractivity contribution in [3.63, 3.8) is 0 Å². The van der Waals surface area contributed by atoms with Crippen molar-refractivity contribution in [2.45, 2.75) is 0 Å². The highest BCUT2D eigenvalue weighted by atomic mass is 32.2. The van der Waals surface area contributed by atoms with E-state index < -0.39 is 0 Å². The zero-order valence-corrected chi connectivity index (χ0v) is 14.5. The van der Waals surface area contributed by atoms with E-state index in [2.05, 4.69) is 0 Å². The number of fused-ring (bicyclic) bond motifs is 1. The molecule has 0 aromatic heterocycles. The summed E-state index contributed by atoms with van der Waals surface area (Å²) in [5, 5.41) is 0. The van der Waals surface area contributed by atoms with Gasteiger partial charge in [0.2, 0.25) is 0 Å². The fourth-order valence-corrected chi connectivity index (χ4v) is 3.91. The average Bonchev–Trinajstić information content (AvgIpc) is 2.88. The molecule has 0 N–H and O–H groups in total. The van der Waals surface area contributed by atoms with Gasteiger partial charge in [-0.15, -0.1) is 0 Å². The van der Waals surface area contributed by atoms with Gasteiger partial charge in [0.25, 0.3) is 5.91 Å². The molecule has 0 saturated carbocycles. The number of hydrogen-bond acceptors (Lipinski definition) is 5. The summed E-state index contributed by atoms with van der Waals surface area (Å²) in [6, 6.07) is 11.3. The molecule has 126 valence electrons. The van der Waals surface area contributed by atoms with E-state index in [-0.39, 0.29) is 11.7 Å². The predicted octanol–water partition coefficient (Wildman–Crippen LogP) is 4.00. The molecule has 2 aromatic rings. The summed E-state index contributed by atoms with van der Waals surface area (Å²) in [6.07, 6.45) is 1.64. The van der Waals surface area contributed by atoms with E-state index in [9.17, 15) is 9.18 Å². The highest BCUT2D eigenvalue weighted by molar-refractivity contribution is 8.27. The third kappa shape index (κ3) is 3.12. The number of carbonyl (C=O) groups is 1. The van der Waals surface area contributed by atoms with Crippen molar-refractivity contribution in [1.82, 2.24) is 0 Å². The van der Waals surface area contributed by atoms with Crippen LogP contribution in [0.5, 0.6) is 11.5 Å². The van der Waals surface area contributed by atoms with Gasteiger partial charge in [-0.1, -0.05) is 36.1 Å². The Morgan fingerprint density at radius 3 is 2.72 bits per heavy atom. The predicted molar refractivity (Wildman–Crippen MR) is 99.5 cm³/mol. The zero-order valence-electron chi connectivity index (χ0n) is 12.9. The molecule has 1 fully saturated rings. The van der Waals surface area contributed by atoms with Crippen LogP contribution in [-0.4, -0.2) is 23.4 Å². The van der Waals surface area contributed by atoms with Crippen molar-refractivity contribution in [2.75, 3.05) is 18.1 Å². The van der Waals surface area contributed by atoms with Crippen LogP contribution in [0.3, 0.4) is 0 Å². The largest absolute Gasteiger partial charge is 0.486 e. The van der Waals surface area contributed by atoms with Gasteiger partial charge in [-0.3, -0.25) is 9.69 Å².